The third-order valence-corrected chi connectivity index (χ3v) is 7.27. The zero-order valence-corrected chi connectivity index (χ0v) is 17.4. The Morgan fingerprint density at radius 2 is 2.11 bits per heavy atom. The molecule has 0 amide bonds. The Bertz CT molecular complexity index is 915. The summed E-state index contributed by atoms with van der Waals surface area (Å²) in [6.45, 7) is 6.32. The first-order chi connectivity index (χ1) is 13.6. The maximum absolute atomic E-state index is 5.82. The molecular formula is C23H32N4O. The molecule has 2 aromatic rings. The second-order valence-electron chi connectivity index (χ2n) is 9.05. The molecule has 0 unspecified atom stereocenters. The van der Waals surface area contributed by atoms with Gasteiger partial charge in [0.1, 0.15) is 6.61 Å². The van der Waals surface area contributed by atoms with Crippen molar-refractivity contribution in [3.8, 4) is 0 Å². The van der Waals surface area contributed by atoms with Crippen LogP contribution < -0.4 is 0 Å². The predicted octanol–water partition coefficient (Wildman–Crippen LogP) is 3.87. The predicted molar refractivity (Wildman–Crippen MR) is 114 cm³/mol. The number of fused-ring (bicyclic) bond motifs is 3. The zero-order valence-electron chi connectivity index (χ0n) is 17.4. The van der Waals surface area contributed by atoms with Gasteiger partial charge in [0.15, 0.2) is 5.84 Å². The van der Waals surface area contributed by atoms with Crippen LogP contribution in [0, 0.1) is 5.41 Å². The molecule has 0 N–H and O–H groups in total. The summed E-state index contributed by atoms with van der Waals surface area (Å²) in [5, 5.41) is 6.14. The number of rotatable bonds is 5. The lowest BCUT2D eigenvalue weighted by molar-refractivity contribution is -0.00491. The van der Waals surface area contributed by atoms with E-state index in [0.29, 0.717) is 18.1 Å². The van der Waals surface area contributed by atoms with Crippen LogP contribution in [0.1, 0.15) is 49.9 Å². The van der Waals surface area contributed by atoms with Gasteiger partial charge in [0.05, 0.1) is 11.6 Å². The number of piperidine rings is 1. The van der Waals surface area contributed by atoms with Gasteiger partial charge in [0, 0.05) is 30.6 Å². The second kappa shape index (κ2) is 6.89. The molecule has 2 atom stereocenters. The Labute approximate surface area is 167 Å². The first-order valence-electron chi connectivity index (χ1n) is 10.8. The number of aromatic nitrogens is 1. The van der Waals surface area contributed by atoms with Gasteiger partial charge in [-0.1, -0.05) is 30.3 Å². The van der Waals surface area contributed by atoms with Crippen LogP contribution >= 0.6 is 0 Å². The molecule has 3 aliphatic heterocycles. The summed E-state index contributed by atoms with van der Waals surface area (Å²) in [5.74, 6) is 1.11. The van der Waals surface area contributed by atoms with Gasteiger partial charge in [0.2, 0.25) is 0 Å². The number of hydrogen-bond donors (Lipinski definition) is 0. The second-order valence-corrected chi connectivity index (χ2v) is 9.05. The number of likely N-dealkylation sites (N-methyl/N-ethyl adjacent to an activating group) is 1. The van der Waals surface area contributed by atoms with Crippen molar-refractivity contribution >= 4 is 16.7 Å². The number of nitrogens with zero attached hydrogens (tertiary/aromatic N) is 4. The molecule has 150 valence electrons. The van der Waals surface area contributed by atoms with Crippen molar-refractivity contribution in [3.05, 3.63) is 35.5 Å². The van der Waals surface area contributed by atoms with E-state index in [1.807, 2.05) is 0 Å². The molecule has 0 bridgehead atoms. The first kappa shape index (κ1) is 18.2. The van der Waals surface area contributed by atoms with Crippen LogP contribution in [0.5, 0.6) is 0 Å². The fraction of sp³-hybridized carbons (Fsp3) is 0.609. The van der Waals surface area contributed by atoms with E-state index in [-0.39, 0.29) is 0 Å². The van der Waals surface area contributed by atoms with Crippen molar-refractivity contribution in [2.45, 2.75) is 45.1 Å². The monoisotopic (exact) mass is 380 g/mol. The minimum Gasteiger partial charge on any atom is -0.393 e. The van der Waals surface area contributed by atoms with Crippen LogP contribution in [0.2, 0.25) is 0 Å². The highest BCUT2D eigenvalue weighted by Crippen LogP contribution is 2.57. The number of benzene rings is 1. The number of para-hydroxylation sites is 1. The lowest BCUT2D eigenvalue weighted by atomic mass is 9.64. The minimum absolute atomic E-state index is 0.293. The molecule has 1 aromatic heterocycles. The Hall–Kier alpha value is -1.85. The molecular weight excluding hydrogens is 348 g/mol. The standard InChI is InChI=1S/C23H32N4O/c1-4-23-11-7-12-26-13-10-18-17-8-5-6-9-19(17)27(21(18)22(23)26)20(16-23)24-28-15-14-25(2)3/h5-6,8-9,22H,4,7,10-16H2,1-3H3/b24-20-/t22-,23+/m1/s1. The smallest absolute Gasteiger partial charge is 0.153 e. The van der Waals surface area contributed by atoms with Gasteiger partial charge in [-0.05, 0) is 63.4 Å². The molecule has 3 aliphatic rings. The summed E-state index contributed by atoms with van der Waals surface area (Å²) in [6.07, 6.45) is 5.95. The Morgan fingerprint density at radius 1 is 1.25 bits per heavy atom. The van der Waals surface area contributed by atoms with E-state index in [2.05, 4.69) is 59.7 Å². The fourth-order valence-corrected chi connectivity index (χ4v) is 5.89. The van der Waals surface area contributed by atoms with Gasteiger partial charge in [-0.3, -0.25) is 9.47 Å². The average molecular weight is 381 g/mol. The molecule has 1 saturated heterocycles. The minimum atomic E-state index is 0.293. The van der Waals surface area contributed by atoms with Gasteiger partial charge in [-0.25, -0.2) is 0 Å². The van der Waals surface area contributed by atoms with Crippen LogP contribution in [0.25, 0.3) is 10.9 Å². The largest absolute Gasteiger partial charge is 0.393 e. The SMILES string of the molecule is CC[C@]12CCCN3CCc4c(n(c5ccccc45)/C(=N\OCCN(C)C)C1)[C@@H]32. The Morgan fingerprint density at radius 3 is 2.93 bits per heavy atom. The van der Waals surface area contributed by atoms with Crippen molar-refractivity contribution in [2.75, 3.05) is 40.3 Å². The molecule has 5 nitrogen and oxygen atoms in total. The zero-order chi connectivity index (χ0) is 19.3. The highest BCUT2D eigenvalue weighted by molar-refractivity contribution is 6.00. The highest BCUT2D eigenvalue weighted by atomic mass is 16.6. The summed E-state index contributed by atoms with van der Waals surface area (Å²) in [5.41, 5.74) is 4.66. The molecule has 0 spiro atoms. The van der Waals surface area contributed by atoms with E-state index in [1.54, 1.807) is 5.56 Å². The van der Waals surface area contributed by atoms with Crippen molar-refractivity contribution in [1.29, 1.82) is 0 Å². The number of hydrogen-bond acceptors (Lipinski definition) is 4. The van der Waals surface area contributed by atoms with Crippen LogP contribution in [-0.4, -0.2) is 60.5 Å². The van der Waals surface area contributed by atoms with Crippen LogP contribution in [0.15, 0.2) is 29.4 Å². The van der Waals surface area contributed by atoms with Crippen LogP contribution in [0.4, 0.5) is 0 Å². The van der Waals surface area contributed by atoms with Crippen molar-refractivity contribution in [2.24, 2.45) is 10.6 Å². The van der Waals surface area contributed by atoms with E-state index >= 15 is 0 Å². The lowest BCUT2D eigenvalue weighted by Crippen LogP contribution is -2.53. The van der Waals surface area contributed by atoms with Gasteiger partial charge in [-0.2, -0.15) is 0 Å². The van der Waals surface area contributed by atoms with Gasteiger partial charge < -0.3 is 9.74 Å². The number of oxime groups is 1. The average Bonchev–Trinajstić information content (AvgIpc) is 3.05. The summed E-state index contributed by atoms with van der Waals surface area (Å²) in [4.78, 5) is 10.7. The Kier molecular flexibility index (Phi) is 4.48. The molecule has 0 aliphatic carbocycles. The molecule has 1 aromatic carbocycles. The van der Waals surface area contributed by atoms with E-state index in [0.717, 1.165) is 25.2 Å². The van der Waals surface area contributed by atoms with Gasteiger partial charge in [-0.15, -0.1) is 0 Å². The topological polar surface area (TPSA) is 33.0 Å². The van der Waals surface area contributed by atoms with E-state index in [4.69, 9.17) is 9.99 Å². The molecule has 28 heavy (non-hydrogen) atoms. The van der Waals surface area contributed by atoms with E-state index in [1.165, 1.54) is 48.9 Å². The summed E-state index contributed by atoms with van der Waals surface area (Å²) in [6, 6.07) is 9.42. The lowest BCUT2D eigenvalue weighted by Gasteiger charge is -2.55. The third kappa shape index (κ3) is 2.63. The van der Waals surface area contributed by atoms with Crippen molar-refractivity contribution in [3.63, 3.8) is 0 Å². The molecule has 1 fully saturated rings. The van der Waals surface area contributed by atoms with Crippen molar-refractivity contribution < 1.29 is 4.84 Å². The van der Waals surface area contributed by atoms with Crippen LogP contribution in [0.3, 0.4) is 0 Å². The molecule has 5 rings (SSSR count). The first-order valence-corrected chi connectivity index (χ1v) is 10.8. The highest BCUT2D eigenvalue weighted by Gasteiger charge is 2.52. The van der Waals surface area contributed by atoms with E-state index < -0.39 is 0 Å². The van der Waals surface area contributed by atoms with Crippen molar-refractivity contribution in [1.82, 2.24) is 14.4 Å². The van der Waals surface area contributed by atoms with Crippen LogP contribution in [-0.2, 0) is 11.3 Å². The molecule has 0 radical (unpaired) electrons. The maximum Gasteiger partial charge on any atom is 0.153 e. The third-order valence-electron chi connectivity index (χ3n) is 7.27. The summed E-state index contributed by atoms with van der Waals surface area (Å²) < 4.78 is 2.45. The molecule has 5 heteroatoms. The van der Waals surface area contributed by atoms with Gasteiger partial charge in [0.25, 0.3) is 0 Å². The summed E-state index contributed by atoms with van der Waals surface area (Å²) in [7, 11) is 4.14. The molecule has 4 heterocycles. The van der Waals surface area contributed by atoms with E-state index in [9.17, 15) is 0 Å². The fourth-order valence-electron chi connectivity index (χ4n) is 5.89. The maximum atomic E-state index is 5.82. The Balaban J connectivity index is 1.67. The summed E-state index contributed by atoms with van der Waals surface area (Å²) >= 11 is 0. The normalized spacial score (nSPS) is 28.1. The molecule has 0 saturated carbocycles. The quantitative estimate of drug-likeness (QED) is 0.583. The van der Waals surface area contributed by atoms with Gasteiger partial charge >= 0.3 is 0 Å².